The maximum atomic E-state index is 12.1. The molecule has 1 aromatic heterocycles. The number of hydrogen-bond donors (Lipinski definition) is 2. The Morgan fingerprint density at radius 2 is 2.33 bits per heavy atom. The predicted molar refractivity (Wildman–Crippen MR) is 65.5 cm³/mol. The Balaban J connectivity index is 2.14. The van der Waals surface area contributed by atoms with E-state index in [0.29, 0.717) is 18.0 Å². The minimum atomic E-state index is -1.14. The van der Waals surface area contributed by atoms with Crippen molar-refractivity contribution >= 4 is 28.5 Å². The number of carboxylic acid groups (broad SMARTS) is 1. The van der Waals surface area contributed by atoms with E-state index >= 15 is 0 Å². The molecule has 1 unspecified atom stereocenters. The van der Waals surface area contributed by atoms with Crippen molar-refractivity contribution in [1.82, 2.24) is 14.5 Å². The molecule has 0 radical (unpaired) electrons. The molecule has 1 atom stereocenters. The van der Waals surface area contributed by atoms with Gasteiger partial charge < -0.3 is 10.0 Å². The molecule has 7 nitrogen and oxygen atoms in total. The second kappa shape index (κ2) is 4.89. The average molecular weight is 270 g/mol. The van der Waals surface area contributed by atoms with Gasteiger partial charge in [0.05, 0.1) is 6.20 Å². The van der Waals surface area contributed by atoms with E-state index in [1.54, 1.807) is 6.92 Å². The third-order valence-electron chi connectivity index (χ3n) is 3.19. The first-order chi connectivity index (χ1) is 8.54. The van der Waals surface area contributed by atoms with Gasteiger partial charge >= 0.3 is 12.0 Å². The van der Waals surface area contributed by atoms with Crippen LogP contribution in [0.15, 0.2) is 6.20 Å². The van der Waals surface area contributed by atoms with Crippen LogP contribution in [-0.4, -0.2) is 43.7 Å². The molecule has 0 aromatic carbocycles. The fraction of sp³-hybridized carbons (Fsp3) is 0.600. The number of anilines is 1. The van der Waals surface area contributed by atoms with Gasteiger partial charge in [-0.05, 0) is 26.2 Å². The number of rotatable bonds is 2. The van der Waals surface area contributed by atoms with E-state index in [1.165, 1.54) is 11.1 Å². The molecule has 1 aromatic rings. The molecular weight excluding hydrogens is 256 g/mol. The topological polar surface area (TPSA) is 95.4 Å². The van der Waals surface area contributed by atoms with E-state index in [0.717, 1.165) is 24.4 Å². The number of piperidine rings is 1. The second-order valence-corrected chi connectivity index (χ2v) is 5.19. The van der Waals surface area contributed by atoms with Crippen molar-refractivity contribution in [3.8, 4) is 0 Å². The minimum absolute atomic E-state index is 0.411. The van der Waals surface area contributed by atoms with Crippen LogP contribution in [0.1, 0.15) is 26.2 Å². The third kappa shape index (κ3) is 2.28. The number of nitrogens with one attached hydrogen (secondary N) is 1. The van der Waals surface area contributed by atoms with Crippen LogP contribution in [0, 0.1) is 0 Å². The fourth-order valence-electron chi connectivity index (χ4n) is 2.06. The lowest BCUT2D eigenvalue weighted by Gasteiger charge is -2.41. The molecule has 2 rings (SSSR count). The van der Waals surface area contributed by atoms with Gasteiger partial charge in [-0.1, -0.05) is 4.49 Å². The van der Waals surface area contributed by atoms with E-state index in [4.69, 9.17) is 0 Å². The molecule has 2 N–H and O–H groups in total. The zero-order valence-corrected chi connectivity index (χ0v) is 10.7. The summed E-state index contributed by atoms with van der Waals surface area (Å²) in [4.78, 5) is 24.8. The standard InChI is InChI=1S/C10H14N4O3S/c1-10(8(15)16)4-2-3-5-14(10)9(17)12-7-6-11-13-18-7/h6H,2-5H2,1H3,(H,12,17)(H,15,16). The Kier molecular flexibility index (Phi) is 3.46. The molecule has 1 saturated heterocycles. The summed E-state index contributed by atoms with van der Waals surface area (Å²) in [5.74, 6) is -0.972. The zero-order chi connectivity index (χ0) is 13.2. The molecule has 1 fully saturated rings. The van der Waals surface area contributed by atoms with Crippen molar-refractivity contribution < 1.29 is 14.7 Å². The highest BCUT2D eigenvalue weighted by Gasteiger charge is 2.44. The lowest BCUT2D eigenvalue weighted by atomic mass is 9.89. The first kappa shape index (κ1) is 12.7. The molecule has 98 valence electrons. The van der Waals surface area contributed by atoms with Crippen LogP contribution < -0.4 is 5.32 Å². The highest BCUT2D eigenvalue weighted by atomic mass is 32.1. The highest BCUT2D eigenvalue weighted by Crippen LogP contribution is 2.29. The summed E-state index contributed by atoms with van der Waals surface area (Å²) in [7, 11) is 0. The van der Waals surface area contributed by atoms with E-state index in [-0.39, 0.29) is 0 Å². The van der Waals surface area contributed by atoms with Crippen LogP contribution in [0.3, 0.4) is 0 Å². The molecule has 18 heavy (non-hydrogen) atoms. The molecular formula is C10H14N4O3S. The van der Waals surface area contributed by atoms with Gasteiger partial charge in [0.2, 0.25) is 0 Å². The number of aromatic nitrogens is 2. The molecule has 0 saturated carbocycles. The van der Waals surface area contributed by atoms with Crippen molar-refractivity contribution in [2.75, 3.05) is 11.9 Å². The molecule has 2 heterocycles. The fourth-order valence-corrected chi connectivity index (χ4v) is 2.47. The molecule has 2 amide bonds. The maximum Gasteiger partial charge on any atom is 0.329 e. The van der Waals surface area contributed by atoms with Crippen molar-refractivity contribution in [3.63, 3.8) is 0 Å². The molecule has 0 aliphatic carbocycles. The number of amides is 2. The van der Waals surface area contributed by atoms with Crippen LogP contribution >= 0.6 is 11.5 Å². The first-order valence-electron chi connectivity index (χ1n) is 5.63. The van der Waals surface area contributed by atoms with E-state index in [2.05, 4.69) is 14.9 Å². The van der Waals surface area contributed by atoms with Crippen LogP contribution in [0.25, 0.3) is 0 Å². The van der Waals surface area contributed by atoms with Crippen LogP contribution in [0.2, 0.25) is 0 Å². The zero-order valence-electron chi connectivity index (χ0n) is 9.92. The van der Waals surface area contributed by atoms with E-state index < -0.39 is 17.5 Å². The van der Waals surface area contributed by atoms with Crippen molar-refractivity contribution in [2.45, 2.75) is 31.7 Å². The lowest BCUT2D eigenvalue weighted by Crippen LogP contribution is -2.58. The van der Waals surface area contributed by atoms with Crippen molar-refractivity contribution in [1.29, 1.82) is 0 Å². The van der Waals surface area contributed by atoms with Gasteiger partial charge in [0.15, 0.2) is 0 Å². The lowest BCUT2D eigenvalue weighted by molar-refractivity contribution is -0.150. The molecule has 0 bridgehead atoms. The van der Waals surface area contributed by atoms with Crippen LogP contribution in [0.4, 0.5) is 9.80 Å². The Hall–Kier alpha value is -1.70. The number of nitrogens with zero attached hydrogens (tertiary/aromatic N) is 3. The Morgan fingerprint density at radius 1 is 1.56 bits per heavy atom. The normalized spacial score (nSPS) is 23.7. The number of carbonyl (C=O) groups is 2. The Labute approximate surface area is 108 Å². The summed E-state index contributed by atoms with van der Waals surface area (Å²) in [5, 5.41) is 16.0. The second-order valence-electron chi connectivity index (χ2n) is 4.40. The first-order valence-corrected chi connectivity index (χ1v) is 6.41. The van der Waals surface area contributed by atoms with Gasteiger partial charge in [-0.2, -0.15) is 0 Å². The number of carbonyl (C=O) groups excluding carboxylic acids is 1. The number of hydrogen-bond acceptors (Lipinski definition) is 5. The van der Waals surface area contributed by atoms with Gasteiger partial charge in [0, 0.05) is 18.1 Å². The Morgan fingerprint density at radius 3 is 2.94 bits per heavy atom. The number of carboxylic acids is 1. The van der Waals surface area contributed by atoms with E-state index in [1.807, 2.05) is 0 Å². The third-order valence-corrected chi connectivity index (χ3v) is 3.77. The molecule has 1 aliphatic heterocycles. The summed E-state index contributed by atoms with van der Waals surface area (Å²) in [6, 6.07) is -0.411. The maximum absolute atomic E-state index is 12.1. The largest absolute Gasteiger partial charge is 0.480 e. The summed E-state index contributed by atoms with van der Waals surface area (Å²) >= 11 is 1.06. The van der Waals surface area contributed by atoms with Gasteiger partial charge in [-0.3, -0.25) is 5.32 Å². The summed E-state index contributed by atoms with van der Waals surface area (Å²) < 4.78 is 3.63. The summed E-state index contributed by atoms with van der Waals surface area (Å²) in [6.07, 6.45) is 3.53. The molecule has 8 heteroatoms. The van der Waals surface area contributed by atoms with Crippen LogP contribution in [0.5, 0.6) is 0 Å². The highest BCUT2D eigenvalue weighted by molar-refractivity contribution is 7.10. The summed E-state index contributed by atoms with van der Waals surface area (Å²) in [5.41, 5.74) is -1.14. The SMILES string of the molecule is CC1(C(=O)O)CCCCN1C(=O)Nc1cnns1. The number of aliphatic carboxylic acids is 1. The van der Waals surface area contributed by atoms with Gasteiger partial charge in [0.1, 0.15) is 10.5 Å². The predicted octanol–water partition coefficient (Wildman–Crippen LogP) is 1.40. The van der Waals surface area contributed by atoms with Gasteiger partial charge in [0.25, 0.3) is 0 Å². The van der Waals surface area contributed by atoms with Crippen LogP contribution in [-0.2, 0) is 4.79 Å². The van der Waals surface area contributed by atoms with E-state index in [9.17, 15) is 14.7 Å². The molecule has 1 aliphatic rings. The monoisotopic (exact) mass is 270 g/mol. The van der Waals surface area contributed by atoms with Crippen molar-refractivity contribution in [3.05, 3.63) is 6.20 Å². The quantitative estimate of drug-likeness (QED) is 0.846. The summed E-state index contributed by atoms with van der Waals surface area (Å²) in [6.45, 7) is 2.03. The van der Waals surface area contributed by atoms with Gasteiger partial charge in [-0.15, -0.1) is 5.10 Å². The van der Waals surface area contributed by atoms with Crippen molar-refractivity contribution in [2.24, 2.45) is 0 Å². The molecule has 0 spiro atoms. The smallest absolute Gasteiger partial charge is 0.329 e. The number of likely N-dealkylation sites (tertiary alicyclic amines) is 1. The minimum Gasteiger partial charge on any atom is -0.480 e. The van der Waals surface area contributed by atoms with Gasteiger partial charge in [-0.25, -0.2) is 9.59 Å². The average Bonchev–Trinajstić information content (AvgIpc) is 2.82. The Bertz CT molecular complexity index is 450. The number of urea groups is 1.